The number of nitrogens with zero attached hydrogens (tertiary/aromatic N) is 2. The Morgan fingerprint density at radius 2 is 1.62 bits per heavy atom. The van der Waals surface area contributed by atoms with Crippen molar-refractivity contribution in [2.45, 2.75) is 60.5 Å². The Balaban J connectivity index is 2.05. The average molecular weight is 507 g/mol. The molecule has 1 aliphatic rings. The third-order valence-corrected chi connectivity index (χ3v) is 6.02. The Labute approximate surface area is 220 Å². The van der Waals surface area contributed by atoms with Crippen LogP contribution >= 0.6 is 0 Å². The van der Waals surface area contributed by atoms with Crippen molar-refractivity contribution in [3.05, 3.63) is 59.7 Å². The third kappa shape index (κ3) is 6.46. The number of ether oxygens (including phenoxy) is 2. The van der Waals surface area contributed by atoms with Crippen LogP contribution in [0.5, 0.6) is 0 Å². The van der Waals surface area contributed by atoms with Crippen molar-refractivity contribution < 1.29 is 23.7 Å². The molecule has 0 fully saturated rings. The molecule has 0 aromatic heterocycles. The molecule has 0 aliphatic carbocycles. The summed E-state index contributed by atoms with van der Waals surface area (Å²) in [7, 11) is 2.04. The molecule has 1 unspecified atom stereocenters. The number of amides is 1. The molecule has 0 saturated carbocycles. The topological polar surface area (TPSA) is 77.0 Å². The highest BCUT2D eigenvalue weighted by atomic mass is 16.6. The normalized spacial score (nSPS) is 17.6. The van der Waals surface area contributed by atoms with Gasteiger partial charge in [0.2, 0.25) is 0 Å². The van der Waals surface area contributed by atoms with Crippen molar-refractivity contribution in [1.29, 1.82) is 0 Å². The van der Waals surface area contributed by atoms with Gasteiger partial charge in [0, 0.05) is 17.0 Å². The summed E-state index contributed by atoms with van der Waals surface area (Å²) in [6.07, 6.45) is 0.407. The fraction of sp³-hybridized carbons (Fsp3) is 0.433. The van der Waals surface area contributed by atoms with Gasteiger partial charge in [0.1, 0.15) is 17.9 Å². The number of carbonyl (C=O) groups excluding carboxylic acids is 2. The van der Waals surface area contributed by atoms with Gasteiger partial charge in [0.05, 0.1) is 19.3 Å². The van der Waals surface area contributed by atoms with Gasteiger partial charge in [-0.25, -0.2) is 9.59 Å². The van der Waals surface area contributed by atoms with Crippen LogP contribution in [0, 0.1) is 5.92 Å². The Morgan fingerprint density at radius 1 is 1.00 bits per heavy atom. The molecular formula is C30H40N3O4+. The number of nitrogens with one attached hydrogen (secondary N) is 1. The van der Waals surface area contributed by atoms with Crippen molar-refractivity contribution in [2.75, 3.05) is 25.5 Å². The summed E-state index contributed by atoms with van der Waals surface area (Å²) in [6.45, 7) is 14.6. The maximum absolute atomic E-state index is 13.1. The first-order chi connectivity index (χ1) is 17.4. The van der Waals surface area contributed by atoms with Crippen LogP contribution in [0.1, 0.15) is 60.5 Å². The first-order valence-corrected chi connectivity index (χ1v) is 13.0. The molecule has 1 atom stereocenters. The first-order valence-electron chi connectivity index (χ1n) is 13.0. The zero-order valence-corrected chi connectivity index (χ0v) is 23.3. The lowest BCUT2D eigenvalue weighted by Crippen LogP contribution is -2.35. The molecule has 7 nitrogen and oxygen atoms in total. The molecule has 0 radical (unpaired) electrons. The number of hydrogen-bond acceptors (Lipinski definition) is 5. The van der Waals surface area contributed by atoms with Gasteiger partial charge >= 0.3 is 12.1 Å². The monoisotopic (exact) mass is 506 g/mol. The first kappa shape index (κ1) is 28.1. The van der Waals surface area contributed by atoms with Crippen molar-refractivity contribution in [3.63, 3.8) is 0 Å². The van der Waals surface area contributed by atoms with E-state index in [1.807, 2.05) is 83.3 Å². The summed E-state index contributed by atoms with van der Waals surface area (Å²) in [5.74, 6) is -0.254. The second kappa shape index (κ2) is 11.3. The molecule has 3 rings (SSSR count). The van der Waals surface area contributed by atoms with E-state index in [1.165, 1.54) is 0 Å². The predicted octanol–water partition coefficient (Wildman–Crippen LogP) is 6.86. The number of para-hydroxylation sites is 1. The highest BCUT2D eigenvalue weighted by molar-refractivity contribution is 6.25. The minimum atomic E-state index is -0.591. The average Bonchev–Trinajstić information content (AvgIpc) is 3.12. The van der Waals surface area contributed by atoms with Crippen LogP contribution in [0.25, 0.3) is 16.8 Å². The second-order valence-electron chi connectivity index (χ2n) is 10.7. The van der Waals surface area contributed by atoms with Crippen LogP contribution in [-0.2, 0) is 14.3 Å². The van der Waals surface area contributed by atoms with Gasteiger partial charge < -0.3 is 9.47 Å². The Kier molecular flexibility index (Phi) is 8.59. The van der Waals surface area contributed by atoms with Gasteiger partial charge in [-0.2, -0.15) is 4.59 Å². The van der Waals surface area contributed by atoms with Crippen molar-refractivity contribution in [3.8, 4) is 11.1 Å². The van der Waals surface area contributed by atoms with E-state index in [4.69, 9.17) is 14.6 Å². The van der Waals surface area contributed by atoms with Crippen LogP contribution in [-0.4, -0.2) is 48.2 Å². The zero-order chi connectivity index (χ0) is 27.4. The molecule has 0 saturated heterocycles. The van der Waals surface area contributed by atoms with E-state index in [0.717, 1.165) is 41.1 Å². The molecule has 7 heteroatoms. The molecule has 1 N–H and O–H groups in total. The highest BCUT2D eigenvalue weighted by Gasteiger charge is 2.44. The largest absolute Gasteiger partial charge is 0.462 e. The maximum Gasteiger partial charge on any atom is 0.412 e. The fourth-order valence-electron chi connectivity index (χ4n) is 4.59. The Bertz CT molecular complexity index is 1210. The van der Waals surface area contributed by atoms with E-state index < -0.39 is 11.7 Å². The minimum Gasteiger partial charge on any atom is -0.462 e. The van der Waals surface area contributed by atoms with Crippen LogP contribution in [0.2, 0.25) is 0 Å². The summed E-state index contributed by atoms with van der Waals surface area (Å²) < 4.78 is 11.2. The smallest absolute Gasteiger partial charge is 0.412 e. The second-order valence-corrected chi connectivity index (χ2v) is 10.7. The number of rotatable bonds is 8. The molecule has 2 aromatic rings. The number of quaternary nitrogens is 1. The van der Waals surface area contributed by atoms with Crippen LogP contribution in [0.3, 0.4) is 0 Å². The van der Waals surface area contributed by atoms with Gasteiger partial charge in [-0.1, -0.05) is 56.2 Å². The highest BCUT2D eigenvalue weighted by Crippen LogP contribution is 2.39. The molecule has 2 aromatic carbocycles. The molecular weight excluding hydrogens is 466 g/mol. The third-order valence-electron chi connectivity index (χ3n) is 6.02. The van der Waals surface area contributed by atoms with E-state index in [1.54, 1.807) is 0 Å². The van der Waals surface area contributed by atoms with E-state index in [-0.39, 0.29) is 11.9 Å². The van der Waals surface area contributed by atoms with Crippen molar-refractivity contribution >= 4 is 29.2 Å². The summed E-state index contributed by atoms with van der Waals surface area (Å²) in [6, 6.07) is 15.6. The number of hydrogen-bond donors (Lipinski definition) is 1. The number of benzene rings is 2. The summed E-state index contributed by atoms with van der Waals surface area (Å²) in [5, 5.41) is 7.89. The van der Waals surface area contributed by atoms with Gasteiger partial charge in [-0.3, -0.25) is 5.32 Å². The molecule has 1 amide bonds. The molecule has 1 heterocycles. The van der Waals surface area contributed by atoms with Crippen molar-refractivity contribution in [2.24, 2.45) is 11.0 Å². The van der Waals surface area contributed by atoms with Crippen molar-refractivity contribution in [1.82, 2.24) is 0 Å². The number of esters is 1. The minimum absolute atomic E-state index is 0.0799. The van der Waals surface area contributed by atoms with Gasteiger partial charge in [0.15, 0.2) is 11.3 Å². The number of anilines is 1. The lowest BCUT2D eigenvalue weighted by atomic mass is 9.94. The van der Waals surface area contributed by atoms with E-state index in [9.17, 15) is 9.59 Å². The summed E-state index contributed by atoms with van der Waals surface area (Å²) in [5.41, 5.74) is 4.99. The molecule has 0 spiro atoms. The standard InChI is InChI=1S/C30H39N3O4/c1-9-19-33(8)27(25(28(34)36-10-2)26(32-33)20(3)4)22-17-15-21(16-18-22)23-13-11-12-14-24(23)31-29(35)37-30(5,6)7/h11-18,20H,9-10,19H2,1-8H3/p+1. The molecule has 37 heavy (non-hydrogen) atoms. The lowest BCUT2D eigenvalue weighted by molar-refractivity contribution is -0.844. The van der Waals surface area contributed by atoms with Gasteiger partial charge in [-0.05, 0) is 57.9 Å². The Hall–Kier alpha value is -3.45. The van der Waals surface area contributed by atoms with E-state index >= 15 is 0 Å². The fourth-order valence-corrected chi connectivity index (χ4v) is 4.59. The quantitative estimate of drug-likeness (QED) is 0.313. The zero-order valence-electron chi connectivity index (χ0n) is 23.3. The lowest BCUT2D eigenvalue weighted by Gasteiger charge is -2.26. The van der Waals surface area contributed by atoms with E-state index in [2.05, 4.69) is 26.1 Å². The van der Waals surface area contributed by atoms with Crippen LogP contribution < -0.4 is 5.32 Å². The molecule has 1 aliphatic heterocycles. The van der Waals surface area contributed by atoms with Gasteiger partial charge in [-0.15, -0.1) is 0 Å². The van der Waals surface area contributed by atoms with Gasteiger partial charge in [0.25, 0.3) is 0 Å². The molecule has 0 bridgehead atoms. The van der Waals surface area contributed by atoms with E-state index in [0.29, 0.717) is 22.5 Å². The maximum atomic E-state index is 13.1. The summed E-state index contributed by atoms with van der Waals surface area (Å²) in [4.78, 5) is 25.6. The summed E-state index contributed by atoms with van der Waals surface area (Å²) >= 11 is 0. The predicted molar refractivity (Wildman–Crippen MR) is 149 cm³/mol. The number of carbonyl (C=O) groups is 2. The Morgan fingerprint density at radius 3 is 2.19 bits per heavy atom. The SMILES string of the molecule is CCC[N+]1(C)N=C(C(C)C)C(C(=O)OCC)=C1c1ccc(-c2ccccc2NC(=O)OC(C)(C)C)cc1. The van der Waals surface area contributed by atoms with Crippen LogP contribution in [0.15, 0.2) is 59.2 Å². The molecule has 198 valence electrons. The van der Waals surface area contributed by atoms with Crippen LogP contribution in [0.4, 0.5) is 10.5 Å².